The SMILES string of the molecule is CCCCCCN1[C@@H](c2ccccn2)[C@@]2(C(=O)OC)CN(CCN(C(C)C)C(C)C)C[C@](C(=O)OC)(C2=O)[C@H]1c1ccccn1. The smallest absolute Gasteiger partial charge is 0.322 e. The Labute approximate surface area is 268 Å². The maximum atomic E-state index is 15.3. The van der Waals surface area contributed by atoms with Gasteiger partial charge in [0.1, 0.15) is 0 Å². The lowest BCUT2D eigenvalue weighted by Crippen LogP contribution is -2.76. The van der Waals surface area contributed by atoms with Crippen LogP contribution in [-0.4, -0.2) is 101 Å². The Bertz CT molecular complexity index is 1200. The molecule has 0 spiro atoms. The number of pyridine rings is 2. The highest BCUT2D eigenvalue weighted by Gasteiger charge is 2.75. The summed E-state index contributed by atoms with van der Waals surface area (Å²) < 4.78 is 11.0. The Hall–Kier alpha value is -3.21. The molecule has 0 saturated carbocycles. The van der Waals surface area contributed by atoms with Crippen LogP contribution in [0.3, 0.4) is 0 Å². The van der Waals surface area contributed by atoms with Gasteiger partial charge in [-0.15, -0.1) is 0 Å². The van der Waals surface area contributed by atoms with Gasteiger partial charge in [-0.25, -0.2) is 0 Å². The summed E-state index contributed by atoms with van der Waals surface area (Å²) in [5, 5.41) is 0. The first-order valence-corrected chi connectivity index (χ1v) is 16.4. The Kier molecular flexibility index (Phi) is 11.5. The summed E-state index contributed by atoms with van der Waals surface area (Å²) in [6.07, 6.45) is 7.25. The monoisotopic (exact) mass is 621 g/mol. The topological polar surface area (TPSA) is 105 Å². The molecule has 0 aliphatic carbocycles. The van der Waals surface area contributed by atoms with Crippen molar-refractivity contribution in [2.75, 3.05) is 46.9 Å². The van der Waals surface area contributed by atoms with Crippen molar-refractivity contribution in [2.24, 2.45) is 10.8 Å². The van der Waals surface area contributed by atoms with E-state index in [4.69, 9.17) is 19.4 Å². The number of esters is 2. The summed E-state index contributed by atoms with van der Waals surface area (Å²) >= 11 is 0. The van der Waals surface area contributed by atoms with Crippen LogP contribution in [0, 0.1) is 10.8 Å². The van der Waals surface area contributed by atoms with Gasteiger partial charge in [-0.2, -0.15) is 0 Å². The number of rotatable bonds is 14. The molecule has 2 aliphatic rings. The molecular weight excluding hydrogens is 570 g/mol. The predicted molar refractivity (Wildman–Crippen MR) is 172 cm³/mol. The van der Waals surface area contributed by atoms with E-state index >= 15 is 4.79 Å². The number of nitrogens with zero attached hydrogens (tertiary/aromatic N) is 5. The van der Waals surface area contributed by atoms with Crippen LogP contribution in [0.2, 0.25) is 0 Å². The molecule has 0 aromatic carbocycles. The zero-order valence-corrected chi connectivity index (χ0v) is 28.1. The van der Waals surface area contributed by atoms with Crippen LogP contribution >= 0.6 is 0 Å². The number of unbranched alkanes of at least 4 members (excludes halogenated alkanes) is 3. The molecule has 2 saturated heterocycles. The molecule has 0 N–H and O–H groups in total. The van der Waals surface area contributed by atoms with Crippen LogP contribution in [0.4, 0.5) is 0 Å². The maximum Gasteiger partial charge on any atom is 0.322 e. The zero-order valence-electron chi connectivity index (χ0n) is 28.1. The van der Waals surface area contributed by atoms with E-state index in [1.165, 1.54) is 14.2 Å². The van der Waals surface area contributed by atoms with Crippen molar-refractivity contribution < 1.29 is 23.9 Å². The van der Waals surface area contributed by atoms with Gasteiger partial charge in [-0.1, -0.05) is 38.3 Å². The summed E-state index contributed by atoms with van der Waals surface area (Å²) in [4.78, 5) is 60.0. The molecule has 0 unspecified atom stereocenters. The molecule has 0 radical (unpaired) electrons. The van der Waals surface area contributed by atoms with Crippen LogP contribution < -0.4 is 0 Å². The lowest BCUT2D eigenvalue weighted by Gasteiger charge is -2.61. The van der Waals surface area contributed by atoms with Gasteiger partial charge in [-0.3, -0.25) is 39.1 Å². The van der Waals surface area contributed by atoms with E-state index in [-0.39, 0.29) is 13.1 Å². The zero-order chi connectivity index (χ0) is 32.8. The quantitative estimate of drug-likeness (QED) is 0.170. The molecule has 4 heterocycles. The number of Topliss-reactive ketones (excluding diaryl/α,β-unsaturated/α-hetero) is 1. The number of hydrogen-bond donors (Lipinski definition) is 0. The van der Waals surface area contributed by atoms with Crippen molar-refractivity contribution in [3.63, 3.8) is 0 Å². The lowest BCUT2D eigenvalue weighted by molar-refractivity contribution is -0.206. The number of hydrogen-bond acceptors (Lipinski definition) is 10. The third-order valence-electron chi connectivity index (χ3n) is 9.66. The first-order chi connectivity index (χ1) is 21.6. The number of carbonyl (C=O) groups is 3. The first-order valence-electron chi connectivity index (χ1n) is 16.4. The van der Waals surface area contributed by atoms with Crippen molar-refractivity contribution in [1.82, 2.24) is 24.7 Å². The predicted octanol–water partition coefficient (Wildman–Crippen LogP) is 4.48. The number of ether oxygens (including phenoxy) is 2. The largest absolute Gasteiger partial charge is 0.468 e. The number of likely N-dealkylation sites (tertiary alicyclic amines) is 2. The van der Waals surface area contributed by atoms with E-state index in [2.05, 4.69) is 49.3 Å². The minimum atomic E-state index is -1.73. The van der Waals surface area contributed by atoms with Gasteiger partial charge in [-0.05, 0) is 64.9 Å². The molecule has 0 amide bonds. The Morgan fingerprint density at radius 3 is 1.76 bits per heavy atom. The van der Waals surface area contributed by atoms with Gasteiger partial charge in [0, 0.05) is 50.7 Å². The van der Waals surface area contributed by atoms with Crippen LogP contribution in [0.15, 0.2) is 48.8 Å². The third-order valence-corrected chi connectivity index (χ3v) is 9.66. The minimum Gasteiger partial charge on any atom is -0.468 e. The molecule has 10 heteroatoms. The van der Waals surface area contributed by atoms with Crippen LogP contribution in [-0.2, 0) is 23.9 Å². The number of methoxy groups -OCH3 is 2. The summed E-state index contributed by atoms with van der Waals surface area (Å²) in [5.74, 6) is -1.81. The van der Waals surface area contributed by atoms with E-state index in [9.17, 15) is 9.59 Å². The van der Waals surface area contributed by atoms with Crippen LogP contribution in [0.5, 0.6) is 0 Å². The fraction of sp³-hybridized carbons (Fsp3) is 0.629. The molecule has 2 aliphatic heterocycles. The van der Waals surface area contributed by atoms with E-state index in [1.54, 1.807) is 12.4 Å². The molecule has 246 valence electrons. The van der Waals surface area contributed by atoms with Crippen molar-refractivity contribution in [3.8, 4) is 0 Å². The summed E-state index contributed by atoms with van der Waals surface area (Å²) in [6, 6.07) is 10.1. The van der Waals surface area contributed by atoms with Gasteiger partial charge < -0.3 is 9.47 Å². The molecule has 2 bridgehead atoms. The highest BCUT2D eigenvalue weighted by Crippen LogP contribution is 2.60. The van der Waals surface area contributed by atoms with Crippen LogP contribution in [0.1, 0.15) is 83.8 Å². The second kappa shape index (κ2) is 14.9. The number of piperidine rings is 2. The molecule has 2 aromatic heterocycles. The Morgan fingerprint density at radius 2 is 1.36 bits per heavy atom. The van der Waals surface area contributed by atoms with E-state index in [0.29, 0.717) is 43.1 Å². The first kappa shape index (κ1) is 34.7. The fourth-order valence-electron chi connectivity index (χ4n) is 7.77. The number of carbonyl (C=O) groups excluding carboxylic acids is 3. The fourth-order valence-corrected chi connectivity index (χ4v) is 7.77. The Morgan fingerprint density at radius 1 is 0.844 bits per heavy atom. The highest BCUT2D eigenvalue weighted by molar-refractivity contribution is 6.17. The van der Waals surface area contributed by atoms with Crippen molar-refractivity contribution in [1.29, 1.82) is 0 Å². The average molecular weight is 622 g/mol. The molecule has 4 rings (SSSR count). The highest BCUT2D eigenvalue weighted by atomic mass is 16.5. The third kappa shape index (κ3) is 6.42. The number of fused-ring (bicyclic) bond motifs is 2. The number of ketones is 1. The summed E-state index contributed by atoms with van der Waals surface area (Å²) in [5.41, 5.74) is -2.30. The van der Waals surface area contributed by atoms with Gasteiger partial charge in [0.05, 0.1) is 37.7 Å². The molecule has 45 heavy (non-hydrogen) atoms. The number of aromatic nitrogens is 2. The standard InChI is InChI=1S/C35H51N5O5/c1-8-9-10-15-20-40-29(27-16-11-13-18-36-27)34(32(42)44-6)23-38(21-22-39(25(2)3)26(4)5)24-35(31(34)41,33(43)45-7)30(40)28-17-12-14-19-37-28/h11-14,16-19,25-26,29-30H,8-10,15,20-24H2,1-7H3/t29-,30+,34-,35+. The van der Waals surface area contributed by atoms with Crippen molar-refractivity contribution >= 4 is 17.7 Å². The van der Waals surface area contributed by atoms with Gasteiger partial charge in [0.15, 0.2) is 16.6 Å². The summed E-state index contributed by atoms with van der Waals surface area (Å²) in [7, 11) is 2.63. The second-order valence-electron chi connectivity index (χ2n) is 13.0. The van der Waals surface area contributed by atoms with E-state index in [0.717, 1.165) is 25.7 Å². The average Bonchev–Trinajstić information content (AvgIpc) is 3.03. The van der Waals surface area contributed by atoms with Gasteiger partial charge in [0.25, 0.3) is 0 Å². The maximum absolute atomic E-state index is 15.3. The van der Waals surface area contributed by atoms with Gasteiger partial charge >= 0.3 is 11.9 Å². The molecule has 2 fully saturated rings. The second-order valence-corrected chi connectivity index (χ2v) is 13.0. The van der Waals surface area contributed by atoms with Crippen LogP contribution in [0.25, 0.3) is 0 Å². The normalized spacial score (nSPS) is 25.6. The van der Waals surface area contributed by atoms with Crippen molar-refractivity contribution in [2.45, 2.75) is 84.5 Å². The molecule has 10 nitrogen and oxygen atoms in total. The molecule has 2 aromatic rings. The van der Waals surface area contributed by atoms with E-state index in [1.807, 2.05) is 36.4 Å². The Balaban J connectivity index is 2.00. The molecule has 4 atom stereocenters. The summed E-state index contributed by atoms with van der Waals surface area (Å²) in [6.45, 7) is 12.8. The van der Waals surface area contributed by atoms with Crippen molar-refractivity contribution in [3.05, 3.63) is 60.2 Å². The van der Waals surface area contributed by atoms with E-state index < -0.39 is 40.6 Å². The lowest BCUT2D eigenvalue weighted by atomic mass is 9.54. The van der Waals surface area contributed by atoms with Gasteiger partial charge in [0.2, 0.25) is 0 Å². The minimum absolute atomic E-state index is 0.100. The molecular formula is C35H51N5O5.